The molecule has 0 unspecified atom stereocenters. The smallest absolute Gasteiger partial charge is 0.251 e. The van der Waals surface area contributed by atoms with Gasteiger partial charge in [-0.05, 0) is 31.9 Å². The van der Waals surface area contributed by atoms with Crippen LogP contribution < -0.4 is 5.32 Å². The summed E-state index contributed by atoms with van der Waals surface area (Å²) >= 11 is 0. The summed E-state index contributed by atoms with van der Waals surface area (Å²) in [7, 11) is 0. The number of hydrogen-bond donors (Lipinski definition) is 1. The maximum atomic E-state index is 12.5. The van der Waals surface area contributed by atoms with Crippen LogP contribution in [0.3, 0.4) is 0 Å². The molecule has 2 atom stereocenters. The van der Waals surface area contributed by atoms with Crippen molar-refractivity contribution in [2.45, 2.75) is 44.8 Å². The molecule has 0 radical (unpaired) electrons. The van der Waals surface area contributed by atoms with Gasteiger partial charge < -0.3 is 15.0 Å². The van der Waals surface area contributed by atoms with Crippen molar-refractivity contribution in [1.29, 1.82) is 0 Å². The molecule has 1 heterocycles. The van der Waals surface area contributed by atoms with E-state index in [9.17, 15) is 9.59 Å². The van der Waals surface area contributed by atoms with Crippen LogP contribution in [0.5, 0.6) is 0 Å². The standard InChI is InChI=1S/C18H24N2O3/c1-13-5-4-6-14(11-13)18(22)19-12-17(21)20-9-10-23-16-8-3-2-7-15(16)20/h4-6,11,15-16H,2-3,7-10,12H2,1H3,(H,19,22)/t15-,16+/m0/s1. The lowest BCUT2D eigenvalue weighted by molar-refractivity contribution is -0.148. The van der Waals surface area contributed by atoms with Gasteiger partial charge in [-0.15, -0.1) is 0 Å². The SMILES string of the molecule is Cc1cccc(C(=O)NCC(=O)N2CCO[C@@H]3CCCC[C@@H]32)c1. The monoisotopic (exact) mass is 316 g/mol. The summed E-state index contributed by atoms with van der Waals surface area (Å²) in [6.07, 6.45) is 4.53. The Kier molecular flexibility index (Phi) is 4.96. The van der Waals surface area contributed by atoms with Gasteiger partial charge in [0.2, 0.25) is 5.91 Å². The van der Waals surface area contributed by atoms with Crippen molar-refractivity contribution in [3.05, 3.63) is 35.4 Å². The molecule has 2 aliphatic rings. The van der Waals surface area contributed by atoms with Gasteiger partial charge in [0.25, 0.3) is 5.91 Å². The average molecular weight is 316 g/mol. The Morgan fingerprint density at radius 2 is 2.13 bits per heavy atom. The number of amides is 2. The summed E-state index contributed by atoms with van der Waals surface area (Å²) in [5, 5.41) is 2.75. The van der Waals surface area contributed by atoms with Crippen LogP contribution in [0.1, 0.15) is 41.6 Å². The second-order valence-corrected chi connectivity index (χ2v) is 6.40. The first-order valence-corrected chi connectivity index (χ1v) is 8.41. The van der Waals surface area contributed by atoms with Crippen molar-refractivity contribution >= 4 is 11.8 Å². The van der Waals surface area contributed by atoms with Gasteiger partial charge >= 0.3 is 0 Å². The van der Waals surface area contributed by atoms with Crippen LogP contribution in [-0.4, -0.2) is 48.6 Å². The van der Waals surface area contributed by atoms with Gasteiger partial charge in [0, 0.05) is 12.1 Å². The maximum absolute atomic E-state index is 12.5. The number of aryl methyl sites for hydroxylation is 1. The predicted molar refractivity (Wildman–Crippen MR) is 87.2 cm³/mol. The van der Waals surface area contributed by atoms with Crippen molar-refractivity contribution in [2.75, 3.05) is 19.7 Å². The van der Waals surface area contributed by atoms with Gasteiger partial charge in [-0.25, -0.2) is 0 Å². The topological polar surface area (TPSA) is 58.6 Å². The van der Waals surface area contributed by atoms with Gasteiger partial charge in [0.05, 0.1) is 25.3 Å². The molecule has 0 bridgehead atoms. The Bertz CT molecular complexity index is 585. The second kappa shape index (κ2) is 7.13. The largest absolute Gasteiger partial charge is 0.374 e. The molecule has 2 fully saturated rings. The number of rotatable bonds is 3. The van der Waals surface area contributed by atoms with Crippen LogP contribution in [0, 0.1) is 6.92 Å². The fraction of sp³-hybridized carbons (Fsp3) is 0.556. The summed E-state index contributed by atoms with van der Waals surface area (Å²) in [4.78, 5) is 26.6. The third-order valence-corrected chi connectivity index (χ3v) is 4.73. The molecule has 1 N–H and O–H groups in total. The minimum absolute atomic E-state index is 0.00815. The molecular weight excluding hydrogens is 292 g/mol. The zero-order valence-corrected chi connectivity index (χ0v) is 13.6. The summed E-state index contributed by atoms with van der Waals surface area (Å²) in [5.74, 6) is -0.207. The van der Waals surface area contributed by atoms with Crippen molar-refractivity contribution in [1.82, 2.24) is 10.2 Å². The van der Waals surface area contributed by atoms with Crippen LogP contribution in [-0.2, 0) is 9.53 Å². The number of carbonyl (C=O) groups is 2. The van der Waals surface area contributed by atoms with Crippen molar-refractivity contribution in [3.63, 3.8) is 0 Å². The normalized spacial score (nSPS) is 24.0. The van der Waals surface area contributed by atoms with E-state index >= 15 is 0 Å². The van der Waals surface area contributed by atoms with E-state index in [0.717, 1.165) is 24.8 Å². The van der Waals surface area contributed by atoms with E-state index in [-0.39, 0.29) is 30.5 Å². The lowest BCUT2D eigenvalue weighted by Gasteiger charge is -2.43. The number of nitrogens with zero attached hydrogens (tertiary/aromatic N) is 1. The quantitative estimate of drug-likeness (QED) is 0.926. The Hall–Kier alpha value is -1.88. The van der Waals surface area contributed by atoms with Gasteiger partial charge in [-0.2, -0.15) is 0 Å². The fourth-order valence-electron chi connectivity index (χ4n) is 3.55. The average Bonchev–Trinajstić information content (AvgIpc) is 2.59. The lowest BCUT2D eigenvalue weighted by atomic mass is 9.90. The molecule has 1 aliphatic carbocycles. The van der Waals surface area contributed by atoms with Crippen molar-refractivity contribution in [2.24, 2.45) is 0 Å². The number of benzene rings is 1. The number of fused-ring (bicyclic) bond motifs is 1. The van der Waals surface area contributed by atoms with Gasteiger partial charge in [-0.1, -0.05) is 30.5 Å². The second-order valence-electron chi connectivity index (χ2n) is 6.40. The predicted octanol–water partition coefficient (Wildman–Crippen LogP) is 1.89. The van der Waals surface area contributed by atoms with E-state index in [2.05, 4.69) is 5.32 Å². The molecule has 0 spiro atoms. The highest BCUT2D eigenvalue weighted by atomic mass is 16.5. The van der Waals surface area contributed by atoms with Crippen molar-refractivity contribution < 1.29 is 14.3 Å². The van der Waals surface area contributed by atoms with E-state index in [1.807, 2.05) is 30.0 Å². The molecule has 5 heteroatoms. The highest BCUT2D eigenvalue weighted by Gasteiger charge is 2.36. The number of morpholine rings is 1. The van der Waals surface area contributed by atoms with Crippen LogP contribution in [0.15, 0.2) is 24.3 Å². The van der Waals surface area contributed by atoms with E-state index in [1.165, 1.54) is 6.42 Å². The van der Waals surface area contributed by atoms with Gasteiger partial charge in [0.15, 0.2) is 0 Å². The van der Waals surface area contributed by atoms with E-state index in [4.69, 9.17) is 4.74 Å². The molecule has 3 rings (SSSR count). The molecule has 23 heavy (non-hydrogen) atoms. The third kappa shape index (κ3) is 3.72. The maximum Gasteiger partial charge on any atom is 0.251 e. The molecule has 124 valence electrons. The van der Waals surface area contributed by atoms with Crippen LogP contribution in [0.4, 0.5) is 0 Å². The van der Waals surface area contributed by atoms with Gasteiger partial charge in [0.1, 0.15) is 0 Å². The van der Waals surface area contributed by atoms with Crippen LogP contribution in [0.25, 0.3) is 0 Å². The summed E-state index contributed by atoms with van der Waals surface area (Å²) in [6, 6.07) is 7.56. The molecular formula is C18H24N2O3. The Morgan fingerprint density at radius 3 is 2.96 bits per heavy atom. The Balaban J connectivity index is 1.57. The third-order valence-electron chi connectivity index (χ3n) is 4.73. The highest BCUT2D eigenvalue weighted by molar-refractivity contribution is 5.96. The Morgan fingerprint density at radius 1 is 1.30 bits per heavy atom. The molecule has 1 saturated heterocycles. The molecule has 1 aliphatic heterocycles. The Labute approximate surface area is 137 Å². The molecule has 0 aromatic heterocycles. The molecule has 1 aromatic carbocycles. The van der Waals surface area contributed by atoms with Crippen LogP contribution in [0.2, 0.25) is 0 Å². The minimum atomic E-state index is -0.199. The molecule has 5 nitrogen and oxygen atoms in total. The zero-order chi connectivity index (χ0) is 16.2. The number of hydrogen-bond acceptors (Lipinski definition) is 3. The number of ether oxygens (including phenoxy) is 1. The number of carbonyl (C=O) groups excluding carboxylic acids is 2. The minimum Gasteiger partial charge on any atom is -0.374 e. The van der Waals surface area contributed by atoms with Gasteiger partial charge in [-0.3, -0.25) is 9.59 Å². The first kappa shape index (κ1) is 16.0. The first-order valence-electron chi connectivity index (χ1n) is 8.41. The van der Waals surface area contributed by atoms with Crippen LogP contribution >= 0.6 is 0 Å². The fourth-order valence-corrected chi connectivity index (χ4v) is 3.55. The lowest BCUT2D eigenvalue weighted by Crippen LogP contribution is -2.56. The summed E-state index contributed by atoms with van der Waals surface area (Å²) in [5.41, 5.74) is 1.62. The van der Waals surface area contributed by atoms with Crippen molar-refractivity contribution in [3.8, 4) is 0 Å². The molecule has 2 amide bonds. The molecule has 1 saturated carbocycles. The number of nitrogens with one attached hydrogen (secondary N) is 1. The molecule has 1 aromatic rings. The summed E-state index contributed by atoms with van der Waals surface area (Å²) < 4.78 is 5.79. The summed E-state index contributed by atoms with van der Waals surface area (Å²) in [6.45, 7) is 3.22. The van der Waals surface area contributed by atoms with E-state index < -0.39 is 0 Å². The zero-order valence-electron chi connectivity index (χ0n) is 13.6. The first-order chi connectivity index (χ1) is 11.1. The highest BCUT2D eigenvalue weighted by Crippen LogP contribution is 2.28. The van der Waals surface area contributed by atoms with E-state index in [1.54, 1.807) is 6.07 Å². The van der Waals surface area contributed by atoms with E-state index in [0.29, 0.717) is 18.7 Å².